The summed E-state index contributed by atoms with van der Waals surface area (Å²) in [5.41, 5.74) is 1.03. The Hall–Kier alpha value is -4.19. The largest absolute Gasteiger partial charge is 0.573 e. The zero-order chi connectivity index (χ0) is 24.1. The molecule has 0 spiro atoms. The van der Waals surface area contributed by atoms with E-state index in [1.54, 1.807) is 24.3 Å². The van der Waals surface area contributed by atoms with Crippen LogP contribution in [0, 0.1) is 0 Å². The third-order valence-corrected chi connectivity index (χ3v) is 4.45. The molecule has 0 bridgehead atoms. The molecule has 0 aliphatic carbocycles. The normalized spacial score (nSPS) is 11.4. The van der Waals surface area contributed by atoms with Crippen molar-refractivity contribution in [3.05, 3.63) is 76.6 Å². The molecule has 0 amide bonds. The van der Waals surface area contributed by atoms with E-state index in [2.05, 4.69) is 20.0 Å². The Labute approximate surface area is 190 Å². The second-order valence-corrected chi connectivity index (χ2v) is 6.93. The van der Waals surface area contributed by atoms with Crippen LogP contribution in [0.3, 0.4) is 0 Å². The number of aliphatic hydroxyl groups is 1. The van der Waals surface area contributed by atoms with E-state index in [1.165, 1.54) is 28.9 Å². The summed E-state index contributed by atoms with van der Waals surface area (Å²) >= 11 is 0. The van der Waals surface area contributed by atoms with Crippen LogP contribution in [-0.2, 0) is 6.54 Å². The molecule has 0 radical (unpaired) electrons. The van der Waals surface area contributed by atoms with Gasteiger partial charge in [-0.05, 0) is 48.0 Å². The third kappa shape index (κ3) is 5.78. The average molecular weight is 474 g/mol. The lowest BCUT2D eigenvalue weighted by molar-refractivity contribution is -0.274. The number of halogens is 3. The molecule has 0 atom stereocenters. The fourth-order valence-electron chi connectivity index (χ4n) is 3.00. The van der Waals surface area contributed by atoms with Crippen LogP contribution in [0.5, 0.6) is 11.5 Å². The fourth-order valence-corrected chi connectivity index (χ4v) is 3.00. The number of alkyl halides is 3. The van der Waals surface area contributed by atoms with Crippen LogP contribution in [0.4, 0.5) is 13.2 Å². The molecular formula is C22H17F3N4O5. The van der Waals surface area contributed by atoms with Gasteiger partial charge in [-0.15, -0.1) is 13.2 Å². The summed E-state index contributed by atoms with van der Waals surface area (Å²) in [6, 6.07) is 14.7. The van der Waals surface area contributed by atoms with Gasteiger partial charge in [0.15, 0.2) is 0 Å². The Balaban J connectivity index is 1.53. The summed E-state index contributed by atoms with van der Waals surface area (Å²) in [6.45, 7) is 0.171. The van der Waals surface area contributed by atoms with Crippen molar-refractivity contribution in [3.8, 4) is 34.5 Å². The molecule has 0 fully saturated rings. The summed E-state index contributed by atoms with van der Waals surface area (Å²) in [7, 11) is 0. The molecule has 4 aromatic rings. The first kappa shape index (κ1) is 23.0. The van der Waals surface area contributed by atoms with E-state index in [0.29, 0.717) is 11.3 Å². The first-order chi connectivity index (χ1) is 16.3. The Bertz CT molecular complexity index is 1320. The number of hydrogen-bond donors (Lipinski definition) is 1. The number of aromatic nitrogens is 4. The van der Waals surface area contributed by atoms with Crippen molar-refractivity contribution in [2.75, 3.05) is 13.2 Å². The molecule has 0 aliphatic rings. The monoisotopic (exact) mass is 474 g/mol. The van der Waals surface area contributed by atoms with Crippen LogP contribution >= 0.6 is 0 Å². The number of hydrogen-bond acceptors (Lipinski definition) is 8. The molecule has 0 saturated heterocycles. The van der Waals surface area contributed by atoms with Crippen molar-refractivity contribution in [2.45, 2.75) is 12.9 Å². The maximum Gasteiger partial charge on any atom is 0.573 e. The van der Waals surface area contributed by atoms with Gasteiger partial charge < -0.3 is 19.1 Å². The molecule has 0 saturated carbocycles. The second kappa shape index (κ2) is 9.75. The molecule has 12 heteroatoms. The zero-order valence-corrected chi connectivity index (χ0v) is 17.4. The molecule has 4 rings (SSSR count). The molecule has 9 nitrogen and oxygen atoms in total. The summed E-state index contributed by atoms with van der Waals surface area (Å²) in [5, 5.41) is 17.0. The van der Waals surface area contributed by atoms with Crippen LogP contribution in [0.25, 0.3) is 23.0 Å². The number of nitrogens with zero attached hydrogens (tertiary/aromatic N) is 4. The number of ether oxygens (including phenoxy) is 2. The minimum atomic E-state index is -4.79. The van der Waals surface area contributed by atoms with E-state index >= 15 is 0 Å². The summed E-state index contributed by atoms with van der Waals surface area (Å²) in [5.74, 6) is 0.324. The highest BCUT2D eigenvalue weighted by molar-refractivity contribution is 5.58. The van der Waals surface area contributed by atoms with Crippen LogP contribution in [0.1, 0.15) is 5.56 Å². The van der Waals surface area contributed by atoms with E-state index in [9.17, 15) is 18.0 Å². The van der Waals surface area contributed by atoms with E-state index in [4.69, 9.17) is 14.4 Å². The Morgan fingerprint density at radius 3 is 2.56 bits per heavy atom. The smallest absolute Gasteiger partial charge is 0.491 e. The van der Waals surface area contributed by atoms with Gasteiger partial charge in [0, 0.05) is 11.6 Å². The molecule has 2 heterocycles. The fraction of sp³-hybridized carbons (Fsp3) is 0.182. The van der Waals surface area contributed by atoms with Gasteiger partial charge in [-0.3, -0.25) is 4.79 Å². The topological polar surface area (TPSA) is 112 Å². The summed E-state index contributed by atoms with van der Waals surface area (Å²) in [6.07, 6.45) is -4.79. The van der Waals surface area contributed by atoms with Gasteiger partial charge >= 0.3 is 6.36 Å². The Kier molecular flexibility index (Phi) is 6.59. The summed E-state index contributed by atoms with van der Waals surface area (Å²) in [4.78, 5) is 16.5. The van der Waals surface area contributed by atoms with Crippen molar-refractivity contribution in [3.63, 3.8) is 0 Å². The van der Waals surface area contributed by atoms with E-state index in [0.717, 1.165) is 17.7 Å². The lowest BCUT2D eigenvalue weighted by Gasteiger charge is -2.08. The standard InChI is InChI=1S/C22H17F3N4O5/c23-22(24,25)33-16-6-4-15(5-7-16)20-26-21(34-28-20)18-8-9-19(31)29(27-18)13-14-2-1-3-17(12-14)32-11-10-30/h1-9,12,30H,10-11,13H2. The van der Waals surface area contributed by atoms with Crippen molar-refractivity contribution in [2.24, 2.45) is 0 Å². The maximum absolute atomic E-state index is 12.3. The first-order valence-electron chi connectivity index (χ1n) is 9.92. The number of rotatable bonds is 8. The lowest BCUT2D eigenvalue weighted by Crippen LogP contribution is -2.22. The highest BCUT2D eigenvalue weighted by Crippen LogP contribution is 2.26. The van der Waals surface area contributed by atoms with Gasteiger partial charge in [0.1, 0.15) is 23.8 Å². The zero-order valence-electron chi connectivity index (χ0n) is 17.4. The molecule has 1 N–H and O–H groups in total. The van der Waals surface area contributed by atoms with E-state index in [1.807, 2.05) is 0 Å². The van der Waals surface area contributed by atoms with Crippen molar-refractivity contribution < 1.29 is 32.3 Å². The van der Waals surface area contributed by atoms with Gasteiger partial charge in [-0.25, -0.2) is 4.68 Å². The Morgan fingerprint density at radius 1 is 1.03 bits per heavy atom. The third-order valence-electron chi connectivity index (χ3n) is 4.45. The van der Waals surface area contributed by atoms with Crippen LogP contribution in [-0.4, -0.2) is 44.6 Å². The lowest BCUT2D eigenvalue weighted by atomic mass is 10.2. The minimum Gasteiger partial charge on any atom is -0.491 e. The van der Waals surface area contributed by atoms with Crippen molar-refractivity contribution in [1.29, 1.82) is 0 Å². The molecular weight excluding hydrogens is 457 g/mol. The molecule has 176 valence electrons. The van der Waals surface area contributed by atoms with Crippen molar-refractivity contribution >= 4 is 0 Å². The van der Waals surface area contributed by atoms with Crippen LogP contribution < -0.4 is 15.0 Å². The van der Waals surface area contributed by atoms with E-state index < -0.39 is 6.36 Å². The van der Waals surface area contributed by atoms with Gasteiger partial charge in [-0.1, -0.05) is 17.3 Å². The molecule has 2 aromatic carbocycles. The van der Waals surface area contributed by atoms with Gasteiger partial charge in [0.2, 0.25) is 5.82 Å². The van der Waals surface area contributed by atoms with Crippen LogP contribution in [0.2, 0.25) is 0 Å². The molecule has 2 aromatic heterocycles. The Morgan fingerprint density at radius 2 is 1.82 bits per heavy atom. The maximum atomic E-state index is 12.3. The average Bonchev–Trinajstić information content (AvgIpc) is 3.29. The number of benzene rings is 2. The number of aliphatic hydroxyl groups excluding tert-OH is 1. The minimum absolute atomic E-state index is 0.0272. The predicted molar refractivity (Wildman–Crippen MR) is 112 cm³/mol. The van der Waals surface area contributed by atoms with Crippen LogP contribution in [0.15, 0.2) is 70.0 Å². The highest BCUT2D eigenvalue weighted by Gasteiger charge is 2.31. The SMILES string of the molecule is O=c1ccc(-c2nc(-c3ccc(OC(F)(F)F)cc3)no2)nn1Cc1cccc(OCCO)c1. The second-order valence-electron chi connectivity index (χ2n) is 6.93. The van der Waals surface area contributed by atoms with E-state index in [-0.39, 0.29) is 48.5 Å². The first-order valence-corrected chi connectivity index (χ1v) is 9.92. The quantitative estimate of drug-likeness (QED) is 0.414. The summed E-state index contributed by atoms with van der Waals surface area (Å²) < 4.78 is 52.6. The molecule has 0 unspecified atom stereocenters. The van der Waals surface area contributed by atoms with Gasteiger partial charge in [0.05, 0.1) is 13.2 Å². The van der Waals surface area contributed by atoms with Gasteiger partial charge in [0.25, 0.3) is 11.4 Å². The van der Waals surface area contributed by atoms with Crippen molar-refractivity contribution in [1.82, 2.24) is 19.9 Å². The highest BCUT2D eigenvalue weighted by atomic mass is 19.4. The molecule has 0 aliphatic heterocycles. The van der Waals surface area contributed by atoms with Gasteiger partial charge in [-0.2, -0.15) is 10.1 Å². The predicted octanol–water partition coefficient (Wildman–Crippen LogP) is 3.28. The molecule has 34 heavy (non-hydrogen) atoms.